The highest BCUT2D eigenvalue weighted by Gasteiger charge is 2.01. The molecule has 0 aromatic rings. The zero-order valence-electron chi connectivity index (χ0n) is 7.44. The van der Waals surface area contributed by atoms with Crippen LogP contribution in [-0.4, -0.2) is 12.6 Å². The van der Waals surface area contributed by atoms with Gasteiger partial charge in [0.05, 0.1) is 5.82 Å². The first kappa shape index (κ1) is 8.18. The maximum Gasteiger partial charge on any atom is 0.0991 e. The number of hydrogen-bond donors (Lipinski definition) is 2. The van der Waals surface area contributed by atoms with Crippen LogP contribution < -0.4 is 10.6 Å². The summed E-state index contributed by atoms with van der Waals surface area (Å²) in [6.07, 6.45) is 4.22. The van der Waals surface area contributed by atoms with Gasteiger partial charge in [-0.05, 0) is 26.8 Å². The summed E-state index contributed by atoms with van der Waals surface area (Å²) in [7, 11) is 0. The summed E-state index contributed by atoms with van der Waals surface area (Å²) < 4.78 is 0. The highest BCUT2D eigenvalue weighted by molar-refractivity contribution is 5.21. The molecule has 2 heteroatoms. The van der Waals surface area contributed by atoms with Gasteiger partial charge in [-0.15, -0.1) is 0 Å². The SMILES string of the molecule is CC1=CC=C(NC(C)C)NC1. The summed E-state index contributed by atoms with van der Waals surface area (Å²) in [5, 5.41) is 6.59. The molecular formula is C9H16N2. The first-order chi connectivity index (χ1) is 5.18. The highest BCUT2D eigenvalue weighted by atomic mass is 15.1. The second-order valence-corrected chi connectivity index (χ2v) is 3.25. The smallest absolute Gasteiger partial charge is 0.0991 e. The van der Waals surface area contributed by atoms with Crippen LogP contribution in [0.15, 0.2) is 23.5 Å². The van der Waals surface area contributed by atoms with Crippen molar-refractivity contribution in [3.8, 4) is 0 Å². The maximum absolute atomic E-state index is 3.31. The van der Waals surface area contributed by atoms with E-state index in [-0.39, 0.29) is 0 Å². The Morgan fingerprint density at radius 1 is 1.45 bits per heavy atom. The lowest BCUT2D eigenvalue weighted by atomic mass is 10.2. The van der Waals surface area contributed by atoms with Gasteiger partial charge in [-0.2, -0.15) is 0 Å². The quantitative estimate of drug-likeness (QED) is 0.624. The van der Waals surface area contributed by atoms with E-state index >= 15 is 0 Å². The normalized spacial score (nSPS) is 17.1. The fourth-order valence-electron chi connectivity index (χ4n) is 0.988. The van der Waals surface area contributed by atoms with E-state index in [1.54, 1.807) is 0 Å². The molecule has 0 saturated carbocycles. The van der Waals surface area contributed by atoms with E-state index in [2.05, 4.69) is 43.6 Å². The van der Waals surface area contributed by atoms with Crippen molar-refractivity contribution in [3.05, 3.63) is 23.5 Å². The Balaban J connectivity index is 2.48. The van der Waals surface area contributed by atoms with Crippen LogP contribution in [0.3, 0.4) is 0 Å². The average molecular weight is 152 g/mol. The van der Waals surface area contributed by atoms with Gasteiger partial charge in [0.2, 0.25) is 0 Å². The van der Waals surface area contributed by atoms with E-state index in [0.29, 0.717) is 6.04 Å². The van der Waals surface area contributed by atoms with E-state index in [0.717, 1.165) is 12.4 Å². The molecule has 0 spiro atoms. The number of allylic oxidation sites excluding steroid dienone is 2. The van der Waals surface area contributed by atoms with Crippen molar-refractivity contribution < 1.29 is 0 Å². The Morgan fingerprint density at radius 2 is 2.18 bits per heavy atom. The van der Waals surface area contributed by atoms with Gasteiger partial charge in [0, 0.05) is 12.6 Å². The van der Waals surface area contributed by atoms with E-state index in [1.165, 1.54) is 5.57 Å². The molecule has 0 atom stereocenters. The molecule has 0 fully saturated rings. The standard InChI is InChI=1S/C9H16N2/c1-7(2)11-9-5-4-8(3)6-10-9/h4-5,7,10-11H,6H2,1-3H3. The minimum absolute atomic E-state index is 0.501. The maximum atomic E-state index is 3.31. The molecule has 2 N–H and O–H groups in total. The summed E-state index contributed by atoms with van der Waals surface area (Å²) in [4.78, 5) is 0. The first-order valence-electron chi connectivity index (χ1n) is 4.06. The highest BCUT2D eigenvalue weighted by Crippen LogP contribution is 2.00. The molecule has 2 nitrogen and oxygen atoms in total. The molecule has 0 saturated heterocycles. The van der Waals surface area contributed by atoms with Crippen molar-refractivity contribution in [1.82, 2.24) is 10.6 Å². The molecule has 1 aliphatic heterocycles. The van der Waals surface area contributed by atoms with E-state index in [1.807, 2.05) is 0 Å². The van der Waals surface area contributed by atoms with Crippen molar-refractivity contribution in [2.45, 2.75) is 26.8 Å². The molecule has 11 heavy (non-hydrogen) atoms. The van der Waals surface area contributed by atoms with Crippen molar-refractivity contribution in [3.63, 3.8) is 0 Å². The van der Waals surface area contributed by atoms with Gasteiger partial charge in [0.15, 0.2) is 0 Å². The van der Waals surface area contributed by atoms with Crippen LogP contribution in [0.2, 0.25) is 0 Å². The van der Waals surface area contributed by atoms with Gasteiger partial charge < -0.3 is 10.6 Å². The van der Waals surface area contributed by atoms with Gasteiger partial charge >= 0.3 is 0 Å². The Hall–Kier alpha value is -0.920. The summed E-state index contributed by atoms with van der Waals surface area (Å²) in [5.41, 5.74) is 1.37. The fourth-order valence-corrected chi connectivity index (χ4v) is 0.988. The van der Waals surface area contributed by atoms with Gasteiger partial charge in [-0.3, -0.25) is 0 Å². The Morgan fingerprint density at radius 3 is 2.64 bits per heavy atom. The van der Waals surface area contributed by atoms with Crippen LogP contribution >= 0.6 is 0 Å². The molecule has 0 unspecified atom stereocenters. The van der Waals surface area contributed by atoms with Crippen molar-refractivity contribution in [2.24, 2.45) is 0 Å². The van der Waals surface area contributed by atoms with Crippen LogP contribution in [0.25, 0.3) is 0 Å². The predicted octanol–water partition coefficient (Wildman–Crippen LogP) is 1.38. The third kappa shape index (κ3) is 2.66. The minimum Gasteiger partial charge on any atom is -0.370 e. The van der Waals surface area contributed by atoms with Crippen LogP contribution in [0.4, 0.5) is 0 Å². The molecular weight excluding hydrogens is 136 g/mol. The number of nitrogens with one attached hydrogen (secondary N) is 2. The molecule has 0 aliphatic carbocycles. The summed E-state index contributed by atoms with van der Waals surface area (Å²) in [5.74, 6) is 1.13. The van der Waals surface area contributed by atoms with Crippen molar-refractivity contribution in [1.29, 1.82) is 0 Å². The Kier molecular flexibility index (Phi) is 2.58. The van der Waals surface area contributed by atoms with Crippen LogP contribution in [0.5, 0.6) is 0 Å². The molecule has 1 rings (SSSR count). The largest absolute Gasteiger partial charge is 0.370 e. The topological polar surface area (TPSA) is 24.1 Å². The lowest BCUT2D eigenvalue weighted by Crippen LogP contribution is -2.33. The van der Waals surface area contributed by atoms with Crippen LogP contribution in [0, 0.1) is 0 Å². The Bertz CT molecular complexity index is 190. The molecule has 62 valence electrons. The third-order valence-corrected chi connectivity index (χ3v) is 1.54. The predicted molar refractivity (Wildman–Crippen MR) is 48.1 cm³/mol. The number of dihydropyridines is 1. The third-order valence-electron chi connectivity index (χ3n) is 1.54. The molecule has 1 aliphatic rings. The average Bonchev–Trinajstić information content (AvgIpc) is 1.93. The zero-order valence-corrected chi connectivity index (χ0v) is 7.44. The van der Waals surface area contributed by atoms with E-state index in [9.17, 15) is 0 Å². The first-order valence-corrected chi connectivity index (χ1v) is 4.06. The summed E-state index contributed by atoms with van der Waals surface area (Å²) >= 11 is 0. The van der Waals surface area contributed by atoms with Gasteiger partial charge in [0.25, 0.3) is 0 Å². The molecule has 0 amide bonds. The molecule has 1 heterocycles. The van der Waals surface area contributed by atoms with E-state index < -0.39 is 0 Å². The van der Waals surface area contributed by atoms with Gasteiger partial charge in [-0.25, -0.2) is 0 Å². The number of rotatable bonds is 2. The summed E-state index contributed by atoms with van der Waals surface area (Å²) in [6.45, 7) is 7.35. The second-order valence-electron chi connectivity index (χ2n) is 3.25. The zero-order chi connectivity index (χ0) is 8.27. The van der Waals surface area contributed by atoms with Crippen molar-refractivity contribution >= 4 is 0 Å². The lowest BCUT2D eigenvalue weighted by Gasteiger charge is -2.18. The monoisotopic (exact) mass is 152 g/mol. The molecule has 0 bridgehead atoms. The minimum atomic E-state index is 0.501. The fraction of sp³-hybridized carbons (Fsp3) is 0.556. The Labute approximate surface area is 68.4 Å². The number of hydrogen-bond acceptors (Lipinski definition) is 2. The molecule has 0 aromatic carbocycles. The van der Waals surface area contributed by atoms with Crippen LogP contribution in [0.1, 0.15) is 20.8 Å². The van der Waals surface area contributed by atoms with Crippen LogP contribution in [-0.2, 0) is 0 Å². The van der Waals surface area contributed by atoms with Gasteiger partial charge in [0.1, 0.15) is 0 Å². The van der Waals surface area contributed by atoms with E-state index in [4.69, 9.17) is 0 Å². The molecule has 0 aromatic heterocycles. The second kappa shape index (κ2) is 3.46. The van der Waals surface area contributed by atoms with Crippen molar-refractivity contribution in [2.75, 3.05) is 6.54 Å². The molecule has 0 radical (unpaired) electrons. The lowest BCUT2D eigenvalue weighted by molar-refractivity contribution is 0.615. The van der Waals surface area contributed by atoms with Gasteiger partial charge in [-0.1, -0.05) is 11.6 Å². The summed E-state index contributed by atoms with van der Waals surface area (Å²) in [6, 6.07) is 0.501.